The van der Waals surface area contributed by atoms with Crippen LogP contribution in [-0.2, 0) is 14.3 Å². The van der Waals surface area contributed by atoms with Crippen LogP contribution in [0.15, 0.2) is 33.8 Å². The van der Waals surface area contributed by atoms with E-state index in [1.54, 1.807) is 11.8 Å². The number of thioether (sulfide) groups is 1. The Morgan fingerprint density at radius 2 is 2.22 bits per heavy atom. The summed E-state index contributed by atoms with van der Waals surface area (Å²) < 4.78 is 5.21. The zero-order valence-corrected chi connectivity index (χ0v) is 14.9. The van der Waals surface area contributed by atoms with Gasteiger partial charge < -0.3 is 4.74 Å². The van der Waals surface area contributed by atoms with Crippen molar-refractivity contribution in [3.63, 3.8) is 0 Å². The van der Waals surface area contributed by atoms with Crippen LogP contribution in [0.1, 0.15) is 38.1 Å². The first kappa shape index (κ1) is 16.3. The average molecular weight is 350 g/mol. The number of amidine groups is 1. The summed E-state index contributed by atoms with van der Waals surface area (Å²) in [4.78, 5) is 32.4. The molecular weight excluding hydrogens is 332 g/mol. The lowest BCUT2D eigenvalue weighted by atomic mass is 10.00. The standard InChI is InChI=1S/C16H18N2O3S2/c1-4-10-14(19)18-13(11-7-6-8-22-11)12(15(20)21-5-2)9(3)17-16(18)23-10/h6-8,10,13H,4-5H2,1-3H3. The van der Waals surface area contributed by atoms with Gasteiger partial charge in [-0.05, 0) is 31.7 Å². The lowest BCUT2D eigenvalue weighted by Crippen LogP contribution is -2.40. The number of aliphatic imine (C=N–C) groups is 1. The minimum Gasteiger partial charge on any atom is -0.463 e. The van der Waals surface area contributed by atoms with Crippen molar-refractivity contribution in [1.29, 1.82) is 0 Å². The van der Waals surface area contributed by atoms with Crippen molar-refractivity contribution in [1.82, 2.24) is 4.90 Å². The largest absolute Gasteiger partial charge is 0.463 e. The molecule has 3 heterocycles. The molecule has 1 aromatic rings. The van der Waals surface area contributed by atoms with Crippen LogP contribution in [0.5, 0.6) is 0 Å². The Kier molecular flexibility index (Phi) is 4.59. The molecule has 122 valence electrons. The summed E-state index contributed by atoms with van der Waals surface area (Å²) in [5.74, 6) is -0.382. The second-order valence-electron chi connectivity index (χ2n) is 5.25. The normalized spacial score (nSPS) is 23.9. The number of ether oxygens (including phenoxy) is 1. The molecule has 0 aliphatic carbocycles. The van der Waals surface area contributed by atoms with Crippen molar-refractivity contribution in [2.45, 2.75) is 38.5 Å². The van der Waals surface area contributed by atoms with Crippen molar-refractivity contribution in [2.75, 3.05) is 6.61 Å². The highest BCUT2D eigenvalue weighted by Gasteiger charge is 2.47. The Bertz CT molecular complexity index is 694. The number of carbonyl (C=O) groups excluding carboxylic acids is 2. The Morgan fingerprint density at radius 3 is 2.83 bits per heavy atom. The third kappa shape index (κ3) is 2.72. The molecular formula is C16H18N2O3S2. The summed E-state index contributed by atoms with van der Waals surface area (Å²) in [6.07, 6.45) is 0.740. The van der Waals surface area contributed by atoms with E-state index in [9.17, 15) is 9.59 Å². The highest BCUT2D eigenvalue weighted by molar-refractivity contribution is 8.15. The number of fused-ring (bicyclic) bond motifs is 1. The minimum absolute atomic E-state index is 0.0175. The molecule has 23 heavy (non-hydrogen) atoms. The van der Waals surface area contributed by atoms with E-state index in [1.165, 1.54) is 23.1 Å². The van der Waals surface area contributed by atoms with E-state index in [-0.39, 0.29) is 11.2 Å². The van der Waals surface area contributed by atoms with Gasteiger partial charge in [-0.3, -0.25) is 9.69 Å². The molecule has 1 amide bonds. The summed E-state index contributed by atoms with van der Waals surface area (Å²) in [5.41, 5.74) is 1.09. The monoisotopic (exact) mass is 350 g/mol. The van der Waals surface area contributed by atoms with Crippen molar-refractivity contribution in [3.8, 4) is 0 Å². The molecule has 3 rings (SSSR count). The Hall–Kier alpha value is -1.60. The summed E-state index contributed by atoms with van der Waals surface area (Å²) in [6.45, 7) is 5.86. The van der Waals surface area contributed by atoms with Gasteiger partial charge in [-0.1, -0.05) is 24.8 Å². The Morgan fingerprint density at radius 1 is 1.43 bits per heavy atom. The van der Waals surface area contributed by atoms with Crippen molar-refractivity contribution in [2.24, 2.45) is 4.99 Å². The molecule has 2 atom stereocenters. The van der Waals surface area contributed by atoms with Crippen LogP contribution in [0.25, 0.3) is 0 Å². The van der Waals surface area contributed by atoms with E-state index >= 15 is 0 Å². The van der Waals surface area contributed by atoms with E-state index in [0.717, 1.165) is 11.3 Å². The van der Waals surface area contributed by atoms with E-state index in [2.05, 4.69) is 4.99 Å². The number of allylic oxidation sites excluding steroid dienone is 1. The fraction of sp³-hybridized carbons (Fsp3) is 0.438. The van der Waals surface area contributed by atoms with Gasteiger partial charge in [-0.25, -0.2) is 9.79 Å². The molecule has 1 aromatic heterocycles. The number of rotatable bonds is 4. The second-order valence-corrected chi connectivity index (χ2v) is 7.40. The van der Waals surface area contributed by atoms with Crippen LogP contribution in [0.3, 0.4) is 0 Å². The number of esters is 1. The van der Waals surface area contributed by atoms with Gasteiger partial charge in [0.25, 0.3) is 0 Å². The van der Waals surface area contributed by atoms with Crippen molar-refractivity contribution in [3.05, 3.63) is 33.7 Å². The number of hydrogen-bond acceptors (Lipinski definition) is 6. The average Bonchev–Trinajstić information content (AvgIpc) is 3.14. The zero-order chi connectivity index (χ0) is 16.6. The molecule has 0 aromatic carbocycles. The lowest BCUT2D eigenvalue weighted by molar-refractivity contribution is -0.139. The van der Waals surface area contributed by atoms with E-state index in [4.69, 9.17) is 4.74 Å². The molecule has 0 bridgehead atoms. The number of thiophene rings is 1. The first-order valence-corrected chi connectivity index (χ1v) is 9.34. The highest BCUT2D eigenvalue weighted by Crippen LogP contribution is 2.44. The van der Waals surface area contributed by atoms with Crippen LogP contribution < -0.4 is 0 Å². The molecule has 2 unspecified atom stereocenters. The van der Waals surface area contributed by atoms with E-state index in [0.29, 0.717) is 23.0 Å². The third-order valence-electron chi connectivity index (χ3n) is 3.83. The smallest absolute Gasteiger partial charge is 0.338 e. The minimum atomic E-state index is -0.432. The summed E-state index contributed by atoms with van der Waals surface area (Å²) in [6, 6.07) is 3.44. The third-order valence-corrected chi connectivity index (χ3v) is 6.07. The van der Waals surface area contributed by atoms with Crippen LogP contribution in [0.2, 0.25) is 0 Å². The molecule has 0 saturated carbocycles. The highest BCUT2D eigenvalue weighted by atomic mass is 32.2. The molecule has 2 aliphatic rings. The van der Waals surface area contributed by atoms with E-state index in [1.807, 2.05) is 31.4 Å². The first-order chi connectivity index (χ1) is 11.1. The molecule has 0 N–H and O–H groups in total. The second kappa shape index (κ2) is 6.49. The Labute approximate surface area is 143 Å². The number of nitrogens with zero attached hydrogens (tertiary/aromatic N) is 2. The number of hydrogen-bond donors (Lipinski definition) is 0. The van der Waals surface area contributed by atoms with Gasteiger partial charge >= 0.3 is 5.97 Å². The number of carbonyl (C=O) groups is 2. The maximum absolute atomic E-state index is 12.8. The van der Waals surface area contributed by atoms with Crippen molar-refractivity contribution < 1.29 is 14.3 Å². The predicted molar refractivity (Wildman–Crippen MR) is 92.3 cm³/mol. The van der Waals surface area contributed by atoms with Gasteiger partial charge in [0.2, 0.25) is 5.91 Å². The van der Waals surface area contributed by atoms with Crippen LogP contribution in [0.4, 0.5) is 0 Å². The van der Waals surface area contributed by atoms with Crippen LogP contribution in [0, 0.1) is 0 Å². The van der Waals surface area contributed by atoms with Crippen LogP contribution in [-0.4, -0.2) is 33.8 Å². The molecule has 1 fully saturated rings. The molecule has 2 aliphatic heterocycles. The van der Waals surface area contributed by atoms with E-state index < -0.39 is 12.0 Å². The maximum atomic E-state index is 12.8. The number of amides is 1. The van der Waals surface area contributed by atoms with Crippen molar-refractivity contribution >= 4 is 40.1 Å². The van der Waals surface area contributed by atoms with Gasteiger partial charge in [-0.15, -0.1) is 11.3 Å². The first-order valence-electron chi connectivity index (χ1n) is 7.58. The lowest BCUT2D eigenvalue weighted by Gasteiger charge is -2.32. The molecule has 0 radical (unpaired) electrons. The topological polar surface area (TPSA) is 59.0 Å². The van der Waals surface area contributed by atoms with Gasteiger partial charge in [0, 0.05) is 4.88 Å². The molecule has 0 spiro atoms. The van der Waals surface area contributed by atoms with Gasteiger partial charge in [-0.2, -0.15) is 0 Å². The zero-order valence-electron chi connectivity index (χ0n) is 13.2. The summed E-state index contributed by atoms with van der Waals surface area (Å²) in [7, 11) is 0. The maximum Gasteiger partial charge on any atom is 0.338 e. The quantitative estimate of drug-likeness (QED) is 0.782. The predicted octanol–water partition coefficient (Wildman–Crippen LogP) is 3.35. The molecule has 5 nitrogen and oxygen atoms in total. The summed E-state index contributed by atoms with van der Waals surface area (Å²) in [5, 5.41) is 2.50. The molecule has 1 saturated heterocycles. The summed E-state index contributed by atoms with van der Waals surface area (Å²) >= 11 is 3.01. The van der Waals surface area contributed by atoms with Crippen LogP contribution >= 0.6 is 23.1 Å². The SMILES string of the molecule is CCOC(=O)C1=C(C)N=C2SC(CC)C(=O)N2C1c1cccs1. The Balaban J connectivity index is 2.10. The molecule has 7 heteroatoms. The fourth-order valence-corrected chi connectivity index (χ4v) is 4.73. The fourth-order valence-electron chi connectivity index (χ4n) is 2.77. The van der Waals surface area contributed by atoms with Gasteiger partial charge in [0.05, 0.1) is 23.1 Å². The van der Waals surface area contributed by atoms with Gasteiger partial charge in [0.1, 0.15) is 6.04 Å². The van der Waals surface area contributed by atoms with Gasteiger partial charge in [0.15, 0.2) is 5.17 Å².